The molecule has 5 nitrogen and oxygen atoms in total. The third-order valence-corrected chi connectivity index (χ3v) is 2.43. The molecule has 0 aliphatic carbocycles. The van der Waals surface area contributed by atoms with Gasteiger partial charge in [-0.05, 0) is 44.9 Å². The van der Waals surface area contributed by atoms with Gasteiger partial charge < -0.3 is 15.4 Å². The van der Waals surface area contributed by atoms with Gasteiger partial charge in [-0.3, -0.25) is 4.79 Å². The van der Waals surface area contributed by atoms with E-state index in [1.807, 2.05) is 51.9 Å². The van der Waals surface area contributed by atoms with Gasteiger partial charge in [0, 0.05) is 20.3 Å². The van der Waals surface area contributed by atoms with Crippen LogP contribution < -0.4 is 10.6 Å². The van der Waals surface area contributed by atoms with Crippen molar-refractivity contribution in [1.29, 1.82) is 0 Å². The van der Waals surface area contributed by atoms with Crippen molar-refractivity contribution in [3.63, 3.8) is 0 Å². The van der Waals surface area contributed by atoms with Gasteiger partial charge in [0.2, 0.25) is 0 Å². The van der Waals surface area contributed by atoms with Crippen molar-refractivity contribution in [2.75, 3.05) is 19.0 Å². The van der Waals surface area contributed by atoms with E-state index in [0.717, 1.165) is 11.4 Å². The second-order valence-corrected chi connectivity index (χ2v) is 5.76. The van der Waals surface area contributed by atoms with Crippen LogP contribution in [0.25, 0.3) is 0 Å². The molecule has 0 radical (unpaired) electrons. The lowest BCUT2D eigenvalue weighted by molar-refractivity contribution is -0.156. The number of hydrogen-bond donors (Lipinski definition) is 1. The summed E-state index contributed by atoms with van der Waals surface area (Å²) in [6.45, 7) is 5.48. The Balaban J connectivity index is 2.69. The predicted octanol–water partition coefficient (Wildman–Crippen LogP) is 1.36. The van der Waals surface area contributed by atoms with Crippen molar-refractivity contribution in [3.05, 3.63) is 23.9 Å². The van der Waals surface area contributed by atoms with Crippen molar-refractivity contribution in [2.45, 2.75) is 38.8 Å². The van der Waals surface area contributed by atoms with Crippen molar-refractivity contribution in [1.82, 2.24) is 4.98 Å². The van der Waals surface area contributed by atoms with Crippen molar-refractivity contribution < 1.29 is 9.53 Å². The summed E-state index contributed by atoms with van der Waals surface area (Å²) in [7, 11) is 3.83. The summed E-state index contributed by atoms with van der Waals surface area (Å²) >= 11 is 0. The number of aromatic nitrogens is 1. The van der Waals surface area contributed by atoms with Crippen LogP contribution in [0.1, 0.15) is 26.3 Å². The number of ether oxygens (including phenoxy) is 1. The lowest BCUT2D eigenvalue weighted by Gasteiger charge is -2.22. The lowest BCUT2D eigenvalue weighted by Crippen LogP contribution is -2.38. The van der Waals surface area contributed by atoms with Crippen LogP contribution in [0.4, 0.5) is 5.82 Å². The third-order valence-electron chi connectivity index (χ3n) is 2.43. The maximum Gasteiger partial charge on any atom is 0.323 e. The molecule has 0 fully saturated rings. The van der Waals surface area contributed by atoms with Gasteiger partial charge in [0.25, 0.3) is 0 Å². The van der Waals surface area contributed by atoms with Gasteiger partial charge in [0.1, 0.15) is 17.5 Å². The van der Waals surface area contributed by atoms with Gasteiger partial charge in [0.15, 0.2) is 0 Å². The number of anilines is 1. The first-order chi connectivity index (χ1) is 8.69. The number of nitrogens with two attached hydrogens (primary N) is 1. The van der Waals surface area contributed by atoms with E-state index in [9.17, 15) is 4.79 Å². The molecule has 0 saturated heterocycles. The summed E-state index contributed by atoms with van der Waals surface area (Å²) in [5.74, 6) is 0.463. The van der Waals surface area contributed by atoms with E-state index in [-0.39, 0.29) is 5.97 Å². The van der Waals surface area contributed by atoms with E-state index in [2.05, 4.69) is 4.98 Å². The minimum Gasteiger partial charge on any atom is -0.459 e. The smallest absolute Gasteiger partial charge is 0.323 e. The summed E-state index contributed by atoms with van der Waals surface area (Å²) < 4.78 is 5.26. The molecule has 0 aromatic carbocycles. The molecule has 0 spiro atoms. The van der Waals surface area contributed by atoms with Crippen LogP contribution in [0.2, 0.25) is 0 Å². The highest BCUT2D eigenvalue weighted by Gasteiger charge is 2.22. The van der Waals surface area contributed by atoms with Gasteiger partial charge in [-0.2, -0.15) is 0 Å². The van der Waals surface area contributed by atoms with Crippen LogP contribution in [0.5, 0.6) is 0 Å². The number of hydrogen-bond acceptors (Lipinski definition) is 5. The standard InChI is InChI=1S/C14H23N3O2/c1-14(2,3)19-13(18)11(15)8-10-6-7-16-12(9-10)17(4)5/h6-7,9,11H,8,15H2,1-5H3. The summed E-state index contributed by atoms with van der Waals surface area (Å²) in [4.78, 5) is 17.9. The monoisotopic (exact) mass is 265 g/mol. The molecule has 1 aromatic rings. The molecule has 0 aliphatic heterocycles. The zero-order valence-corrected chi connectivity index (χ0v) is 12.3. The Hall–Kier alpha value is -1.62. The Morgan fingerprint density at radius 2 is 2.11 bits per heavy atom. The Morgan fingerprint density at radius 3 is 2.63 bits per heavy atom. The molecule has 0 amide bonds. The van der Waals surface area contributed by atoms with Crippen molar-refractivity contribution in [3.8, 4) is 0 Å². The average molecular weight is 265 g/mol. The topological polar surface area (TPSA) is 68.5 Å². The molecule has 1 heterocycles. The summed E-state index contributed by atoms with van der Waals surface area (Å²) in [5.41, 5.74) is 6.33. The number of carbonyl (C=O) groups excluding carboxylic acids is 1. The van der Waals surface area contributed by atoms with Gasteiger partial charge in [0.05, 0.1) is 0 Å². The van der Waals surface area contributed by atoms with Gasteiger partial charge >= 0.3 is 5.97 Å². The Kier molecular flexibility index (Phi) is 4.89. The SMILES string of the molecule is CN(C)c1cc(CC(N)C(=O)OC(C)(C)C)ccn1. The number of rotatable bonds is 4. The van der Waals surface area contributed by atoms with Crippen LogP contribution in [0.3, 0.4) is 0 Å². The molecular weight excluding hydrogens is 242 g/mol. The quantitative estimate of drug-likeness (QED) is 0.832. The summed E-state index contributed by atoms with van der Waals surface area (Å²) in [6.07, 6.45) is 2.16. The molecule has 0 bridgehead atoms. The second-order valence-electron chi connectivity index (χ2n) is 5.76. The van der Waals surface area contributed by atoms with Crippen LogP contribution >= 0.6 is 0 Å². The normalized spacial score (nSPS) is 12.9. The highest BCUT2D eigenvalue weighted by molar-refractivity contribution is 5.76. The minimum absolute atomic E-state index is 0.379. The fraction of sp³-hybridized carbons (Fsp3) is 0.571. The number of esters is 1. The maximum atomic E-state index is 11.8. The molecule has 2 N–H and O–H groups in total. The Bertz CT molecular complexity index is 439. The summed E-state index contributed by atoms with van der Waals surface area (Å²) in [6, 6.07) is 3.12. The van der Waals surface area contributed by atoms with Crippen LogP contribution in [0.15, 0.2) is 18.3 Å². The maximum absolute atomic E-state index is 11.8. The van der Waals surface area contributed by atoms with Gasteiger partial charge in [-0.25, -0.2) is 4.98 Å². The van der Waals surface area contributed by atoms with E-state index in [0.29, 0.717) is 6.42 Å². The molecule has 1 unspecified atom stereocenters. The third kappa shape index (κ3) is 5.26. The lowest BCUT2D eigenvalue weighted by atomic mass is 10.1. The van der Waals surface area contributed by atoms with Gasteiger partial charge in [-0.15, -0.1) is 0 Å². The average Bonchev–Trinajstić information content (AvgIpc) is 2.27. The van der Waals surface area contributed by atoms with E-state index >= 15 is 0 Å². The molecular formula is C14H23N3O2. The Morgan fingerprint density at radius 1 is 1.47 bits per heavy atom. The van der Waals surface area contributed by atoms with Crippen LogP contribution in [0, 0.1) is 0 Å². The zero-order chi connectivity index (χ0) is 14.6. The highest BCUT2D eigenvalue weighted by atomic mass is 16.6. The number of carbonyl (C=O) groups is 1. The first-order valence-electron chi connectivity index (χ1n) is 6.30. The van der Waals surface area contributed by atoms with E-state index in [4.69, 9.17) is 10.5 Å². The first-order valence-corrected chi connectivity index (χ1v) is 6.30. The van der Waals surface area contributed by atoms with Crippen LogP contribution in [-0.4, -0.2) is 36.7 Å². The van der Waals surface area contributed by atoms with Crippen molar-refractivity contribution in [2.24, 2.45) is 5.73 Å². The molecule has 19 heavy (non-hydrogen) atoms. The molecule has 106 valence electrons. The molecule has 1 aromatic heterocycles. The molecule has 0 saturated carbocycles. The number of nitrogens with zero attached hydrogens (tertiary/aromatic N) is 2. The fourth-order valence-corrected chi connectivity index (χ4v) is 1.55. The molecule has 0 aliphatic rings. The van der Waals surface area contributed by atoms with Crippen molar-refractivity contribution >= 4 is 11.8 Å². The predicted molar refractivity (Wildman–Crippen MR) is 76.1 cm³/mol. The molecule has 1 atom stereocenters. The second kappa shape index (κ2) is 6.02. The Labute approximate surface area is 114 Å². The molecule has 1 rings (SSSR count). The molecule has 5 heteroatoms. The fourth-order valence-electron chi connectivity index (χ4n) is 1.55. The minimum atomic E-state index is -0.656. The zero-order valence-electron chi connectivity index (χ0n) is 12.3. The van der Waals surface area contributed by atoms with E-state index in [1.165, 1.54) is 0 Å². The largest absolute Gasteiger partial charge is 0.459 e. The number of pyridine rings is 1. The van der Waals surface area contributed by atoms with Gasteiger partial charge in [-0.1, -0.05) is 0 Å². The van der Waals surface area contributed by atoms with Crippen LogP contribution in [-0.2, 0) is 16.0 Å². The highest BCUT2D eigenvalue weighted by Crippen LogP contribution is 2.13. The van der Waals surface area contributed by atoms with E-state index in [1.54, 1.807) is 6.20 Å². The van der Waals surface area contributed by atoms with E-state index < -0.39 is 11.6 Å². The first kappa shape index (κ1) is 15.4. The summed E-state index contributed by atoms with van der Waals surface area (Å²) in [5, 5.41) is 0.